The fourth-order valence-electron chi connectivity index (χ4n) is 1.21. The molecule has 0 bridgehead atoms. The molecule has 0 aliphatic carbocycles. The second kappa shape index (κ2) is 3.45. The maximum atomic E-state index is 10.4. The molecule has 4 heteroatoms. The first-order valence-corrected chi connectivity index (χ1v) is 4.09. The number of aliphatic carboxylic acids is 1. The van der Waals surface area contributed by atoms with Gasteiger partial charge >= 0.3 is 5.97 Å². The molecule has 0 aromatic carbocycles. The highest BCUT2D eigenvalue weighted by Crippen LogP contribution is 2.30. The molecule has 64 valence electrons. The molecule has 1 heterocycles. The summed E-state index contributed by atoms with van der Waals surface area (Å²) in [6, 6.07) is 0. The van der Waals surface area contributed by atoms with Crippen molar-refractivity contribution in [3.8, 4) is 0 Å². The average Bonchev–Trinajstić information content (AvgIpc) is 1.85. The third-order valence-corrected chi connectivity index (χ3v) is 2.51. The first-order valence-electron chi connectivity index (χ1n) is 3.64. The molecule has 11 heavy (non-hydrogen) atoms. The van der Waals surface area contributed by atoms with E-state index in [9.17, 15) is 4.79 Å². The minimum absolute atomic E-state index is 0.138. The first kappa shape index (κ1) is 8.87. The second-order valence-corrected chi connectivity index (χ2v) is 3.86. The van der Waals surface area contributed by atoms with E-state index in [1.54, 1.807) is 0 Å². The van der Waals surface area contributed by atoms with Gasteiger partial charge in [-0.25, -0.2) is 0 Å². The van der Waals surface area contributed by atoms with Crippen molar-refractivity contribution in [1.82, 2.24) is 0 Å². The standard InChI is InChI=1S/C7H12O3S/c8-6(9)5-7(11)1-3-10-4-2-7/h11H,1-5H2,(H,8,9). The summed E-state index contributed by atoms with van der Waals surface area (Å²) in [5.74, 6) is -0.776. The molecule has 1 saturated heterocycles. The number of rotatable bonds is 2. The maximum Gasteiger partial charge on any atom is 0.304 e. The molecule has 1 aliphatic heterocycles. The summed E-state index contributed by atoms with van der Waals surface area (Å²) in [5, 5.41) is 8.54. The van der Waals surface area contributed by atoms with Crippen molar-refractivity contribution in [3.63, 3.8) is 0 Å². The Kier molecular flexibility index (Phi) is 2.78. The molecule has 0 atom stereocenters. The lowest BCUT2D eigenvalue weighted by atomic mass is 9.95. The number of ether oxygens (including phenoxy) is 1. The highest BCUT2D eigenvalue weighted by atomic mass is 32.1. The van der Waals surface area contributed by atoms with Crippen molar-refractivity contribution in [2.75, 3.05) is 13.2 Å². The topological polar surface area (TPSA) is 46.5 Å². The van der Waals surface area contributed by atoms with Gasteiger partial charge in [-0.1, -0.05) is 0 Å². The van der Waals surface area contributed by atoms with Gasteiger partial charge in [0.15, 0.2) is 0 Å². The van der Waals surface area contributed by atoms with Crippen LogP contribution in [0.1, 0.15) is 19.3 Å². The molecular weight excluding hydrogens is 164 g/mol. The molecular formula is C7H12O3S. The van der Waals surface area contributed by atoms with Crippen LogP contribution in [0.3, 0.4) is 0 Å². The van der Waals surface area contributed by atoms with Crippen LogP contribution in [0.5, 0.6) is 0 Å². The van der Waals surface area contributed by atoms with Crippen LogP contribution < -0.4 is 0 Å². The second-order valence-electron chi connectivity index (χ2n) is 2.91. The van der Waals surface area contributed by atoms with Crippen LogP contribution in [0.4, 0.5) is 0 Å². The van der Waals surface area contributed by atoms with Gasteiger partial charge in [0.2, 0.25) is 0 Å². The number of hydrogen-bond acceptors (Lipinski definition) is 3. The van der Waals surface area contributed by atoms with Crippen LogP contribution in [-0.4, -0.2) is 29.0 Å². The zero-order valence-electron chi connectivity index (χ0n) is 6.25. The molecule has 1 N–H and O–H groups in total. The molecule has 0 saturated carbocycles. The van der Waals surface area contributed by atoms with Gasteiger partial charge in [0.05, 0.1) is 6.42 Å². The molecule has 3 nitrogen and oxygen atoms in total. The summed E-state index contributed by atoms with van der Waals surface area (Å²) in [5.41, 5.74) is 0. The van der Waals surface area contributed by atoms with Gasteiger partial charge in [-0.3, -0.25) is 4.79 Å². The minimum Gasteiger partial charge on any atom is -0.481 e. The molecule has 0 unspecified atom stereocenters. The monoisotopic (exact) mass is 176 g/mol. The Labute approximate surface area is 71.1 Å². The molecule has 0 spiro atoms. The Morgan fingerprint density at radius 3 is 2.55 bits per heavy atom. The van der Waals surface area contributed by atoms with Gasteiger partial charge in [0, 0.05) is 18.0 Å². The Morgan fingerprint density at radius 1 is 1.55 bits per heavy atom. The van der Waals surface area contributed by atoms with Crippen LogP contribution in [0.25, 0.3) is 0 Å². The smallest absolute Gasteiger partial charge is 0.304 e. The average molecular weight is 176 g/mol. The van der Waals surface area contributed by atoms with E-state index in [1.807, 2.05) is 0 Å². The number of carbonyl (C=O) groups is 1. The van der Waals surface area contributed by atoms with Gasteiger partial charge in [0.1, 0.15) is 0 Å². The van der Waals surface area contributed by atoms with Gasteiger partial charge < -0.3 is 9.84 Å². The predicted molar refractivity (Wildman–Crippen MR) is 44.0 cm³/mol. The number of carboxylic acids is 1. The van der Waals surface area contributed by atoms with Crippen molar-refractivity contribution >= 4 is 18.6 Å². The van der Waals surface area contributed by atoms with Crippen LogP contribution in [0.15, 0.2) is 0 Å². The Balaban J connectivity index is 2.43. The number of hydrogen-bond donors (Lipinski definition) is 2. The minimum atomic E-state index is -0.776. The van der Waals surface area contributed by atoms with E-state index in [0.29, 0.717) is 13.2 Å². The molecule has 1 rings (SSSR count). The zero-order valence-corrected chi connectivity index (χ0v) is 7.14. The lowest BCUT2D eigenvalue weighted by Crippen LogP contribution is -2.33. The largest absolute Gasteiger partial charge is 0.481 e. The van der Waals surface area contributed by atoms with Crippen LogP contribution in [0, 0.1) is 0 Å². The summed E-state index contributed by atoms with van der Waals surface area (Å²) in [4.78, 5) is 10.4. The van der Waals surface area contributed by atoms with Gasteiger partial charge in [-0.2, -0.15) is 12.6 Å². The molecule has 0 amide bonds. The van der Waals surface area contributed by atoms with E-state index in [2.05, 4.69) is 12.6 Å². The summed E-state index contributed by atoms with van der Waals surface area (Å²) in [6.45, 7) is 1.27. The van der Waals surface area contributed by atoms with Crippen molar-refractivity contribution in [3.05, 3.63) is 0 Å². The maximum absolute atomic E-state index is 10.4. The Morgan fingerprint density at radius 2 is 2.09 bits per heavy atom. The molecule has 0 aromatic rings. The van der Waals surface area contributed by atoms with E-state index in [-0.39, 0.29) is 11.2 Å². The van der Waals surface area contributed by atoms with Crippen molar-refractivity contribution in [1.29, 1.82) is 0 Å². The van der Waals surface area contributed by atoms with Crippen molar-refractivity contribution in [2.24, 2.45) is 0 Å². The highest BCUT2D eigenvalue weighted by Gasteiger charge is 2.30. The predicted octanol–water partition coefficient (Wildman–Crippen LogP) is 0.940. The van der Waals surface area contributed by atoms with E-state index in [1.165, 1.54) is 0 Å². The fraction of sp³-hybridized carbons (Fsp3) is 0.857. The van der Waals surface area contributed by atoms with E-state index in [4.69, 9.17) is 9.84 Å². The lowest BCUT2D eigenvalue weighted by molar-refractivity contribution is -0.138. The third-order valence-electron chi connectivity index (χ3n) is 1.90. The molecule has 1 aliphatic rings. The quantitative estimate of drug-likeness (QED) is 0.615. The lowest BCUT2D eigenvalue weighted by Gasteiger charge is -2.30. The van der Waals surface area contributed by atoms with Gasteiger partial charge in [0.25, 0.3) is 0 Å². The normalized spacial score (nSPS) is 23.0. The number of carboxylic acid groups (broad SMARTS) is 1. The molecule has 1 fully saturated rings. The van der Waals surface area contributed by atoms with Crippen LogP contribution >= 0.6 is 12.6 Å². The Hall–Kier alpha value is -0.220. The van der Waals surface area contributed by atoms with Crippen molar-refractivity contribution < 1.29 is 14.6 Å². The summed E-state index contributed by atoms with van der Waals surface area (Å²) in [6.07, 6.45) is 1.62. The molecule has 0 aromatic heterocycles. The van der Waals surface area contributed by atoms with Crippen LogP contribution in [-0.2, 0) is 9.53 Å². The summed E-state index contributed by atoms with van der Waals surface area (Å²) in [7, 11) is 0. The highest BCUT2D eigenvalue weighted by molar-refractivity contribution is 7.81. The van der Waals surface area contributed by atoms with Gasteiger partial charge in [-0.05, 0) is 12.8 Å². The van der Waals surface area contributed by atoms with Crippen molar-refractivity contribution in [2.45, 2.75) is 24.0 Å². The third kappa shape index (κ3) is 2.71. The van der Waals surface area contributed by atoms with E-state index >= 15 is 0 Å². The Bertz CT molecular complexity index is 152. The van der Waals surface area contributed by atoms with E-state index in [0.717, 1.165) is 12.8 Å². The summed E-state index contributed by atoms with van der Waals surface area (Å²) < 4.78 is 4.78. The van der Waals surface area contributed by atoms with E-state index < -0.39 is 5.97 Å². The van der Waals surface area contributed by atoms with Gasteiger partial charge in [-0.15, -0.1) is 0 Å². The molecule has 0 radical (unpaired) electrons. The first-order chi connectivity index (χ1) is 5.12. The van der Waals surface area contributed by atoms with Crippen LogP contribution in [0.2, 0.25) is 0 Å². The zero-order chi connectivity index (χ0) is 8.32. The SMILES string of the molecule is O=C(O)CC1(S)CCOCC1. The summed E-state index contributed by atoms with van der Waals surface area (Å²) >= 11 is 4.33. The fourth-order valence-corrected chi connectivity index (χ4v) is 1.53. The number of thiol groups is 1.